The third kappa shape index (κ3) is 5.53. The van der Waals surface area contributed by atoms with Crippen molar-refractivity contribution in [3.05, 3.63) is 0 Å². The summed E-state index contributed by atoms with van der Waals surface area (Å²) < 4.78 is 0. The van der Waals surface area contributed by atoms with Crippen molar-refractivity contribution in [3.8, 4) is 0 Å². The highest BCUT2D eigenvalue weighted by molar-refractivity contribution is 4.73. The van der Waals surface area contributed by atoms with Crippen molar-refractivity contribution in [1.82, 2.24) is 5.32 Å². The van der Waals surface area contributed by atoms with E-state index in [1.165, 1.54) is 32.1 Å². The largest absolute Gasteiger partial charge is 0.392 e. The van der Waals surface area contributed by atoms with E-state index in [9.17, 15) is 5.11 Å². The summed E-state index contributed by atoms with van der Waals surface area (Å²) in [6.07, 6.45) is 8.82. The van der Waals surface area contributed by atoms with Gasteiger partial charge < -0.3 is 10.4 Å². The highest BCUT2D eigenvalue weighted by atomic mass is 16.3. The van der Waals surface area contributed by atoms with E-state index in [0.717, 1.165) is 25.3 Å². The van der Waals surface area contributed by atoms with Crippen molar-refractivity contribution >= 4 is 0 Å². The van der Waals surface area contributed by atoms with Crippen LogP contribution >= 0.6 is 0 Å². The molecule has 2 nitrogen and oxygen atoms in total. The van der Waals surface area contributed by atoms with E-state index in [2.05, 4.69) is 19.2 Å². The van der Waals surface area contributed by atoms with Gasteiger partial charge in [-0.05, 0) is 25.7 Å². The first-order chi connectivity index (χ1) is 7.22. The van der Waals surface area contributed by atoms with Gasteiger partial charge in [0.15, 0.2) is 0 Å². The zero-order valence-electron chi connectivity index (χ0n) is 10.3. The predicted octanol–water partition coefficient (Wildman–Crippen LogP) is 2.71. The maximum absolute atomic E-state index is 9.60. The van der Waals surface area contributed by atoms with Crippen LogP contribution in [0.2, 0.25) is 0 Å². The van der Waals surface area contributed by atoms with E-state index in [1.54, 1.807) is 0 Å². The van der Waals surface area contributed by atoms with E-state index in [0.29, 0.717) is 6.04 Å². The van der Waals surface area contributed by atoms with Gasteiger partial charge in [-0.2, -0.15) is 0 Å². The van der Waals surface area contributed by atoms with Gasteiger partial charge in [0.2, 0.25) is 0 Å². The van der Waals surface area contributed by atoms with Crippen LogP contribution in [-0.4, -0.2) is 23.8 Å². The molecule has 0 aromatic heterocycles. The molecule has 1 rings (SSSR count). The summed E-state index contributed by atoms with van der Waals surface area (Å²) in [5.41, 5.74) is 0. The van der Waals surface area contributed by atoms with Crippen molar-refractivity contribution in [2.75, 3.05) is 6.54 Å². The fourth-order valence-electron chi connectivity index (χ4n) is 2.60. The van der Waals surface area contributed by atoms with Crippen molar-refractivity contribution < 1.29 is 5.11 Å². The van der Waals surface area contributed by atoms with Crippen molar-refractivity contribution in [2.24, 2.45) is 5.92 Å². The minimum absolute atomic E-state index is 0.152. The Hall–Kier alpha value is -0.0800. The molecule has 0 radical (unpaired) electrons. The highest BCUT2D eigenvalue weighted by Crippen LogP contribution is 2.28. The summed E-state index contributed by atoms with van der Waals surface area (Å²) in [5.74, 6) is 0.941. The Morgan fingerprint density at radius 1 is 1.33 bits per heavy atom. The van der Waals surface area contributed by atoms with Gasteiger partial charge in [-0.1, -0.05) is 39.0 Å². The van der Waals surface area contributed by atoms with Gasteiger partial charge in [-0.3, -0.25) is 0 Å². The van der Waals surface area contributed by atoms with Gasteiger partial charge in [0.05, 0.1) is 6.10 Å². The summed E-state index contributed by atoms with van der Waals surface area (Å²) in [6.45, 7) is 5.13. The topological polar surface area (TPSA) is 32.3 Å². The molecule has 90 valence electrons. The lowest BCUT2D eigenvalue weighted by Crippen LogP contribution is -2.34. The minimum Gasteiger partial charge on any atom is -0.392 e. The van der Waals surface area contributed by atoms with Crippen LogP contribution in [0.3, 0.4) is 0 Å². The summed E-state index contributed by atoms with van der Waals surface area (Å²) in [7, 11) is 0. The lowest BCUT2D eigenvalue weighted by Gasteiger charge is -2.19. The quantitative estimate of drug-likeness (QED) is 0.681. The Morgan fingerprint density at radius 3 is 2.60 bits per heavy atom. The molecule has 1 fully saturated rings. The second-order valence-electron chi connectivity index (χ2n) is 5.14. The highest BCUT2D eigenvalue weighted by Gasteiger charge is 2.17. The summed E-state index contributed by atoms with van der Waals surface area (Å²) >= 11 is 0. The molecule has 0 aromatic carbocycles. The Balaban J connectivity index is 2.04. The first-order valence-corrected chi connectivity index (χ1v) is 6.63. The van der Waals surface area contributed by atoms with Gasteiger partial charge in [-0.25, -0.2) is 0 Å². The Labute approximate surface area is 94.5 Å². The number of aliphatic hydroxyl groups is 1. The van der Waals surface area contributed by atoms with Gasteiger partial charge in [0.25, 0.3) is 0 Å². The van der Waals surface area contributed by atoms with E-state index in [4.69, 9.17) is 0 Å². The third-order valence-electron chi connectivity index (χ3n) is 3.49. The molecule has 1 saturated carbocycles. The number of hydrogen-bond acceptors (Lipinski definition) is 2. The minimum atomic E-state index is -0.152. The number of hydrogen-bond donors (Lipinski definition) is 2. The molecule has 0 aromatic rings. The second kappa shape index (κ2) is 7.24. The molecule has 2 atom stereocenters. The molecule has 2 unspecified atom stereocenters. The molecule has 2 N–H and O–H groups in total. The first-order valence-electron chi connectivity index (χ1n) is 6.63. The summed E-state index contributed by atoms with van der Waals surface area (Å²) in [4.78, 5) is 0. The SMILES string of the molecule is CCCC(O)CNC(C)CC1CCCC1. The van der Waals surface area contributed by atoms with Crippen molar-refractivity contribution in [1.29, 1.82) is 0 Å². The molecule has 0 amide bonds. The average molecular weight is 213 g/mol. The Morgan fingerprint density at radius 2 is 2.00 bits per heavy atom. The first kappa shape index (κ1) is 13.0. The number of aliphatic hydroxyl groups excluding tert-OH is 1. The average Bonchev–Trinajstić information content (AvgIpc) is 2.68. The van der Waals surface area contributed by atoms with Crippen LogP contribution in [0, 0.1) is 5.92 Å². The van der Waals surface area contributed by atoms with E-state index in [1.807, 2.05) is 0 Å². The standard InChI is InChI=1S/C13H27NO/c1-3-6-13(15)10-14-11(2)9-12-7-4-5-8-12/h11-15H,3-10H2,1-2H3. The van der Waals surface area contributed by atoms with Crippen molar-refractivity contribution in [3.63, 3.8) is 0 Å². The molecular weight excluding hydrogens is 186 g/mol. The van der Waals surface area contributed by atoms with Gasteiger partial charge in [0, 0.05) is 12.6 Å². The van der Waals surface area contributed by atoms with E-state index in [-0.39, 0.29) is 6.10 Å². The zero-order valence-corrected chi connectivity index (χ0v) is 10.3. The molecule has 1 aliphatic carbocycles. The number of nitrogens with one attached hydrogen (secondary N) is 1. The number of rotatable bonds is 7. The van der Waals surface area contributed by atoms with Gasteiger partial charge in [-0.15, -0.1) is 0 Å². The summed E-state index contributed by atoms with van der Waals surface area (Å²) in [5, 5.41) is 13.0. The monoisotopic (exact) mass is 213 g/mol. The molecule has 2 heteroatoms. The van der Waals surface area contributed by atoms with E-state index >= 15 is 0 Å². The zero-order chi connectivity index (χ0) is 11.1. The van der Waals surface area contributed by atoms with E-state index < -0.39 is 0 Å². The normalized spacial score (nSPS) is 21.8. The van der Waals surface area contributed by atoms with Crippen molar-refractivity contribution in [2.45, 2.75) is 70.9 Å². The molecule has 0 bridgehead atoms. The predicted molar refractivity (Wildman–Crippen MR) is 65.0 cm³/mol. The molecule has 0 aliphatic heterocycles. The van der Waals surface area contributed by atoms with Crippen LogP contribution in [0.4, 0.5) is 0 Å². The Kier molecular flexibility index (Phi) is 6.26. The molecule has 1 aliphatic rings. The molecule has 0 heterocycles. The maximum atomic E-state index is 9.60. The van der Waals surface area contributed by atoms with Crippen LogP contribution in [-0.2, 0) is 0 Å². The fraction of sp³-hybridized carbons (Fsp3) is 1.00. The maximum Gasteiger partial charge on any atom is 0.0664 e. The molecule has 0 saturated heterocycles. The van der Waals surface area contributed by atoms with Crippen LogP contribution in [0.5, 0.6) is 0 Å². The lowest BCUT2D eigenvalue weighted by molar-refractivity contribution is 0.155. The van der Waals surface area contributed by atoms with Crippen LogP contribution in [0.25, 0.3) is 0 Å². The molecule has 0 spiro atoms. The second-order valence-corrected chi connectivity index (χ2v) is 5.14. The Bertz CT molecular complexity index is 155. The van der Waals surface area contributed by atoms with Crippen LogP contribution < -0.4 is 5.32 Å². The van der Waals surface area contributed by atoms with Crippen LogP contribution in [0.15, 0.2) is 0 Å². The lowest BCUT2D eigenvalue weighted by atomic mass is 9.99. The molecule has 15 heavy (non-hydrogen) atoms. The van der Waals surface area contributed by atoms with Crippen LogP contribution in [0.1, 0.15) is 58.8 Å². The summed E-state index contributed by atoms with van der Waals surface area (Å²) in [6, 6.07) is 0.569. The third-order valence-corrected chi connectivity index (χ3v) is 3.49. The van der Waals surface area contributed by atoms with Gasteiger partial charge in [0.1, 0.15) is 0 Å². The molecular formula is C13H27NO. The van der Waals surface area contributed by atoms with Gasteiger partial charge >= 0.3 is 0 Å². The fourth-order valence-corrected chi connectivity index (χ4v) is 2.60. The smallest absolute Gasteiger partial charge is 0.0664 e.